The zero-order valence-electron chi connectivity index (χ0n) is 12.6. The first-order chi connectivity index (χ1) is 9.81. The van der Waals surface area contributed by atoms with Crippen LogP contribution >= 0.6 is 0 Å². The molecule has 1 aromatic rings. The van der Waals surface area contributed by atoms with E-state index in [9.17, 15) is 0 Å². The molecule has 0 unspecified atom stereocenters. The molecule has 5 heteroatoms. The van der Waals surface area contributed by atoms with Gasteiger partial charge in [0, 0.05) is 38.8 Å². The first kappa shape index (κ1) is 15.0. The lowest BCUT2D eigenvalue weighted by Gasteiger charge is -2.22. The predicted octanol–water partition coefficient (Wildman–Crippen LogP) is 2.70. The number of nitrogens with one attached hydrogen (secondary N) is 2. The summed E-state index contributed by atoms with van der Waals surface area (Å²) in [5, 5.41) is 6.80. The Hall–Kier alpha value is -1.36. The van der Waals surface area contributed by atoms with Crippen molar-refractivity contribution in [2.75, 3.05) is 36.9 Å². The van der Waals surface area contributed by atoms with Crippen molar-refractivity contribution in [3.63, 3.8) is 0 Å². The molecule has 0 atom stereocenters. The molecule has 2 rings (SSSR count). The maximum atomic E-state index is 5.39. The zero-order valence-corrected chi connectivity index (χ0v) is 12.6. The highest BCUT2D eigenvalue weighted by Crippen LogP contribution is 2.17. The normalized spacial score (nSPS) is 16.1. The Bertz CT molecular complexity index is 405. The van der Waals surface area contributed by atoms with Crippen LogP contribution in [0.2, 0.25) is 0 Å². The molecule has 0 amide bonds. The molecule has 1 saturated heterocycles. The monoisotopic (exact) mass is 278 g/mol. The molecule has 0 bridgehead atoms. The third kappa shape index (κ3) is 4.63. The van der Waals surface area contributed by atoms with Gasteiger partial charge in [-0.25, -0.2) is 9.97 Å². The highest BCUT2D eigenvalue weighted by atomic mass is 16.5. The van der Waals surface area contributed by atoms with E-state index in [0.29, 0.717) is 5.92 Å². The summed E-state index contributed by atoms with van der Waals surface area (Å²) < 4.78 is 5.39. The second kappa shape index (κ2) is 8.04. The van der Waals surface area contributed by atoms with Gasteiger partial charge >= 0.3 is 0 Å². The molecular weight excluding hydrogens is 252 g/mol. The van der Waals surface area contributed by atoms with E-state index >= 15 is 0 Å². The summed E-state index contributed by atoms with van der Waals surface area (Å²) in [5.41, 5.74) is 0. The van der Waals surface area contributed by atoms with E-state index in [1.807, 2.05) is 6.07 Å². The second-order valence-corrected chi connectivity index (χ2v) is 5.27. The molecule has 1 aromatic heterocycles. The Kier molecular flexibility index (Phi) is 6.05. The average Bonchev–Trinajstić information content (AvgIpc) is 2.51. The molecule has 0 aromatic carbocycles. The maximum Gasteiger partial charge on any atom is 0.132 e. The van der Waals surface area contributed by atoms with Crippen LogP contribution in [0.3, 0.4) is 0 Å². The lowest BCUT2D eigenvalue weighted by molar-refractivity contribution is 0.0699. The van der Waals surface area contributed by atoms with Crippen molar-refractivity contribution < 1.29 is 4.74 Å². The van der Waals surface area contributed by atoms with Crippen molar-refractivity contribution in [1.82, 2.24) is 9.97 Å². The van der Waals surface area contributed by atoms with Gasteiger partial charge in [0.25, 0.3) is 0 Å². The van der Waals surface area contributed by atoms with E-state index in [1.165, 1.54) is 0 Å². The summed E-state index contributed by atoms with van der Waals surface area (Å²) in [5.74, 6) is 3.44. The van der Waals surface area contributed by atoms with Crippen LogP contribution in [-0.2, 0) is 11.2 Å². The first-order valence-electron chi connectivity index (χ1n) is 7.75. The summed E-state index contributed by atoms with van der Waals surface area (Å²) in [6.45, 7) is 7.93. The fraction of sp³-hybridized carbons (Fsp3) is 0.733. The van der Waals surface area contributed by atoms with Crippen molar-refractivity contribution in [3.8, 4) is 0 Å². The summed E-state index contributed by atoms with van der Waals surface area (Å²) in [6.07, 6.45) is 4.23. The van der Waals surface area contributed by atoms with Crippen LogP contribution in [0.5, 0.6) is 0 Å². The van der Waals surface area contributed by atoms with Crippen LogP contribution in [0, 0.1) is 5.92 Å². The quantitative estimate of drug-likeness (QED) is 0.803. The molecule has 0 spiro atoms. The number of aryl methyl sites for hydroxylation is 1. The van der Waals surface area contributed by atoms with Gasteiger partial charge in [0.05, 0.1) is 0 Å². The number of ether oxygens (including phenoxy) is 1. The minimum Gasteiger partial charge on any atom is -0.381 e. The van der Waals surface area contributed by atoms with Gasteiger partial charge in [-0.15, -0.1) is 0 Å². The van der Waals surface area contributed by atoms with Crippen molar-refractivity contribution in [2.24, 2.45) is 5.92 Å². The highest BCUT2D eigenvalue weighted by Gasteiger charge is 2.13. The Morgan fingerprint density at radius 1 is 1.15 bits per heavy atom. The number of anilines is 2. The van der Waals surface area contributed by atoms with Gasteiger partial charge in [-0.1, -0.05) is 13.8 Å². The maximum absolute atomic E-state index is 5.39. The van der Waals surface area contributed by atoms with Gasteiger partial charge in [-0.2, -0.15) is 0 Å². The van der Waals surface area contributed by atoms with Crippen LogP contribution in [-0.4, -0.2) is 36.3 Å². The summed E-state index contributed by atoms with van der Waals surface area (Å²) in [7, 11) is 0. The zero-order chi connectivity index (χ0) is 14.2. The van der Waals surface area contributed by atoms with E-state index < -0.39 is 0 Å². The van der Waals surface area contributed by atoms with Crippen LogP contribution < -0.4 is 10.6 Å². The Balaban J connectivity index is 1.94. The van der Waals surface area contributed by atoms with Crippen LogP contribution in [0.1, 0.15) is 38.9 Å². The number of hydrogen-bond acceptors (Lipinski definition) is 5. The minimum absolute atomic E-state index is 0.691. The number of aromatic nitrogens is 2. The SMILES string of the molecule is CCCNc1cc(NCC2CCOCC2)nc(CC)n1. The predicted molar refractivity (Wildman–Crippen MR) is 82.2 cm³/mol. The molecule has 0 radical (unpaired) electrons. The molecule has 0 saturated carbocycles. The fourth-order valence-electron chi connectivity index (χ4n) is 2.29. The number of rotatable bonds is 7. The van der Waals surface area contributed by atoms with E-state index in [1.54, 1.807) is 0 Å². The molecular formula is C15H26N4O. The Morgan fingerprint density at radius 2 is 1.85 bits per heavy atom. The molecule has 2 heterocycles. The molecule has 1 fully saturated rings. The van der Waals surface area contributed by atoms with Crippen molar-refractivity contribution in [2.45, 2.75) is 39.5 Å². The van der Waals surface area contributed by atoms with Crippen LogP contribution in [0.25, 0.3) is 0 Å². The van der Waals surface area contributed by atoms with Crippen molar-refractivity contribution in [1.29, 1.82) is 0 Å². The lowest BCUT2D eigenvalue weighted by Crippen LogP contribution is -2.23. The highest BCUT2D eigenvalue weighted by molar-refractivity contribution is 5.47. The topological polar surface area (TPSA) is 59.1 Å². The largest absolute Gasteiger partial charge is 0.381 e. The average molecular weight is 278 g/mol. The third-order valence-corrected chi connectivity index (χ3v) is 3.56. The summed E-state index contributed by atoms with van der Waals surface area (Å²) in [6, 6.07) is 2.01. The second-order valence-electron chi connectivity index (χ2n) is 5.27. The third-order valence-electron chi connectivity index (χ3n) is 3.56. The Labute approximate surface area is 121 Å². The fourth-order valence-corrected chi connectivity index (χ4v) is 2.29. The van der Waals surface area contributed by atoms with Crippen LogP contribution in [0.15, 0.2) is 6.07 Å². The molecule has 5 nitrogen and oxygen atoms in total. The smallest absolute Gasteiger partial charge is 0.132 e. The minimum atomic E-state index is 0.691. The standard InChI is InChI=1S/C15H26N4O/c1-3-7-16-14-10-15(19-13(4-2)18-14)17-11-12-5-8-20-9-6-12/h10,12H,3-9,11H2,1-2H3,(H2,16,17,18,19). The van der Waals surface area contributed by atoms with Gasteiger partial charge < -0.3 is 15.4 Å². The molecule has 20 heavy (non-hydrogen) atoms. The summed E-state index contributed by atoms with van der Waals surface area (Å²) in [4.78, 5) is 9.05. The molecule has 2 N–H and O–H groups in total. The molecule has 0 aliphatic carbocycles. The van der Waals surface area contributed by atoms with Crippen molar-refractivity contribution in [3.05, 3.63) is 11.9 Å². The number of nitrogens with zero attached hydrogens (tertiary/aromatic N) is 2. The van der Waals surface area contributed by atoms with E-state index in [0.717, 1.165) is 69.4 Å². The summed E-state index contributed by atoms with van der Waals surface area (Å²) >= 11 is 0. The van der Waals surface area contributed by atoms with Gasteiger partial charge in [0.15, 0.2) is 0 Å². The Morgan fingerprint density at radius 3 is 2.50 bits per heavy atom. The van der Waals surface area contributed by atoms with Gasteiger partial charge in [-0.3, -0.25) is 0 Å². The van der Waals surface area contributed by atoms with Crippen LogP contribution in [0.4, 0.5) is 11.6 Å². The van der Waals surface area contributed by atoms with Gasteiger partial charge in [0.2, 0.25) is 0 Å². The van der Waals surface area contributed by atoms with E-state index in [4.69, 9.17) is 4.74 Å². The van der Waals surface area contributed by atoms with E-state index in [-0.39, 0.29) is 0 Å². The molecule has 1 aliphatic rings. The molecule has 1 aliphatic heterocycles. The lowest BCUT2D eigenvalue weighted by atomic mass is 10.0. The van der Waals surface area contributed by atoms with Gasteiger partial charge in [-0.05, 0) is 25.2 Å². The van der Waals surface area contributed by atoms with Crippen molar-refractivity contribution >= 4 is 11.6 Å². The van der Waals surface area contributed by atoms with E-state index in [2.05, 4.69) is 34.4 Å². The van der Waals surface area contributed by atoms with Gasteiger partial charge in [0.1, 0.15) is 17.5 Å². The first-order valence-corrected chi connectivity index (χ1v) is 7.75. The molecule has 112 valence electrons. The number of hydrogen-bond donors (Lipinski definition) is 2.